The van der Waals surface area contributed by atoms with Crippen LogP contribution in [0.2, 0.25) is 0 Å². The highest BCUT2D eigenvalue weighted by Gasteiger charge is 2.05. The Bertz CT molecular complexity index is 478. The van der Waals surface area contributed by atoms with Gasteiger partial charge in [-0.1, -0.05) is 12.1 Å². The summed E-state index contributed by atoms with van der Waals surface area (Å²) >= 11 is 0. The van der Waals surface area contributed by atoms with Crippen molar-refractivity contribution in [3.8, 4) is 0 Å². The van der Waals surface area contributed by atoms with Crippen molar-refractivity contribution in [2.45, 2.75) is 0 Å². The first-order chi connectivity index (χ1) is 5.79. The molecule has 0 saturated carbocycles. The van der Waals surface area contributed by atoms with Crippen molar-refractivity contribution in [1.29, 1.82) is 0 Å². The average Bonchev–Trinajstić information content (AvgIpc) is 2.12. The molecule has 1 aromatic heterocycles. The molecule has 4 heteroatoms. The Morgan fingerprint density at radius 2 is 2.08 bits per heavy atom. The molecule has 0 bridgehead atoms. The number of aromatic nitrogens is 1. The van der Waals surface area contributed by atoms with E-state index < -0.39 is 10.9 Å². The molecular formula is C8H5NO2S. The van der Waals surface area contributed by atoms with Crippen molar-refractivity contribution in [2.24, 2.45) is 0 Å². The molecule has 3 nitrogen and oxygen atoms in total. The Balaban J connectivity index is 3.05. The van der Waals surface area contributed by atoms with E-state index >= 15 is 0 Å². The van der Waals surface area contributed by atoms with Crippen LogP contribution in [0.15, 0.2) is 35.3 Å². The lowest BCUT2D eigenvalue weighted by Crippen LogP contribution is -1.99. The van der Waals surface area contributed by atoms with E-state index in [4.69, 9.17) is 0 Å². The summed E-state index contributed by atoms with van der Waals surface area (Å²) < 4.78 is 15.2. The molecular weight excluding hydrogens is 174 g/mol. The zero-order valence-corrected chi connectivity index (χ0v) is 6.88. The Kier molecular flexibility index (Phi) is 1.64. The SMILES string of the molecule is O=c1cn[s+]([O-])c2ccccc12. The molecule has 1 heterocycles. The van der Waals surface area contributed by atoms with Crippen LogP contribution in [-0.2, 0) is 0 Å². The van der Waals surface area contributed by atoms with E-state index in [9.17, 15) is 9.35 Å². The van der Waals surface area contributed by atoms with Gasteiger partial charge in [-0.15, -0.1) is 0 Å². The van der Waals surface area contributed by atoms with Crippen LogP contribution >= 0.6 is 10.9 Å². The minimum absolute atomic E-state index is 0.176. The molecule has 2 aromatic rings. The van der Waals surface area contributed by atoms with Crippen molar-refractivity contribution in [3.05, 3.63) is 40.7 Å². The topological polar surface area (TPSA) is 53.0 Å². The maximum atomic E-state index is 11.2. The minimum atomic E-state index is -1.39. The third-order valence-corrected chi connectivity index (χ3v) is 2.64. The van der Waals surface area contributed by atoms with Crippen LogP contribution in [-0.4, -0.2) is 8.93 Å². The second-order valence-corrected chi connectivity index (χ2v) is 3.49. The second-order valence-electron chi connectivity index (χ2n) is 2.34. The molecule has 1 unspecified atom stereocenters. The smallest absolute Gasteiger partial charge is 0.214 e. The zero-order valence-electron chi connectivity index (χ0n) is 6.06. The summed E-state index contributed by atoms with van der Waals surface area (Å²) in [7, 11) is -1.39. The van der Waals surface area contributed by atoms with Gasteiger partial charge in [0.25, 0.3) is 0 Å². The monoisotopic (exact) mass is 179 g/mol. The third kappa shape index (κ3) is 1.01. The molecule has 0 spiro atoms. The standard InChI is InChI=1S/C8H5NO2S/c10-7-5-9-12(11)8-4-2-1-3-6(7)8/h1-5H. The maximum absolute atomic E-state index is 11.2. The van der Waals surface area contributed by atoms with E-state index in [2.05, 4.69) is 4.37 Å². The van der Waals surface area contributed by atoms with Crippen LogP contribution in [0.5, 0.6) is 0 Å². The van der Waals surface area contributed by atoms with Crippen molar-refractivity contribution in [2.75, 3.05) is 0 Å². The lowest BCUT2D eigenvalue weighted by atomic mass is 10.2. The van der Waals surface area contributed by atoms with Gasteiger partial charge in [-0.2, -0.15) is 0 Å². The molecule has 2 rings (SSSR count). The fourth-order valence-electron chi connectivity index (χ4n) is 1.04. The summed E-state index contributed by atoms with van der Waals surface area (Å²) in [6.07, 6.45) is 1.11. The second kappa shape index (κ2) is 2.66. The molecule has 0 aliphatic heterocycles. The molecule has 0 N–H and O–H groups in total. The Hall–Kier alpha value is -1.26. The minimum Gasteiger partial charge on any atom is -0.568 e. The molecule has 12 heavy (non-hydrogen) atoms. The number of nitrogens with zero attached hydrogens (tertiary/aromatic N) is 1. The lowest BCUT2D eigenvalue weighted by Gasteiger charge is -1.93. The number of benzene rings is 1. The van der Waals surface area contributed by atoms with Gasteiger partial charge < -0.3 is 4.55 Å². The fourth-order valence-corrected chi connectivity index (χ4v) is 1.90. The highest BCUT2D eigenvalue weighted by molar-refractivity contribution is 7.25. The molecule has 0 radical (unpaired) electrons. The Morgan fingerprint density at radius 1 is 1.33 bits per heavy atom. The number of hydrogen-bond donors (Lipinski definition) is 0. The summed E-state index contributed by atoms with van der Waals surface area (Å²) in [5.41, 5.74) is -0.176. The summed E-state index contributed by atoms with van der Waals surface area (Å²) in [6.45, 7) is 0. The summed E-state index contributed by atoms with van der Waals surface area (Å²) in [4.78, 5) is 11.1. The van der Waals surface area contributed by atoms with Gasteiger partial charge in [0.05, 0.1) is 16.3 Å². The molecule has 1 aromatic carbocycles. The summed E-state index contributed by atoms with van der Waals surface area (Å²) in [6, 6.07) is 6.79. The van der Waals surface area contributed by atoms with Crippen molar-refractivity contribution >= 4 is 21.0 Å². The van der Waals surface area contributed by atoms with Gasteiger partial charge in [-0.25, -0.2) is 0 Å². The fraction of sp³-hybridized carbons (Fsp3) is 0. The van der Waals surface area contributed by atoms with Crippen LogP contribution in [0.4, 0.5) is 0 Å². The van der Waals surface area contributed by atoms with Crippen molar-refractivity contribution in [3.63, 3.8) is 0 Å². The average molecular weight is 179 g/mol. The molecule has 0 aliphatic carbocycles. The van der Waals surface area contributed by atoms with Gasteiger partial charge in [0.2, 0.25) is 10.1 Å². The Morgan fingerprint density at radius 3 is 2.83 bits per heavy atom. The number of fused-ring (bicyclic) bond motifs is 1. The number of rotatable bonds is 0. The van der Waals surface area contributed by atoms with Gasteiger partial charge in [0, 0.05) is 6.07 Å². The predicted molar refractivity (Wildman–Crippen MR) is 46.7 cm³/mol. The molecule has 0 saturated heterocycles. The van der Waals surface area contributed by atoms with Gasteiger partial charge >= 0.3 is 0 Å². The van der Waals surface area contributed by atoms with E-state index in [0.717, 1.165) is 6.20 Å². The van der Waals surface area contributed by atoms with E-state index in [1.54, 1.807) is 24.3 Å². The van der Waals surface area contributed by atoms with Crippen LogP contribution in [0, 0.1) is 0 Å². The van der Waals surface area contributed by atoms with Gasteiger partial charge in [0.1, 0.15) is 6.20 Å². The van der Waals surface area contributed by atoms with E-state index in [1.165, 1.54) is 0 Å². The summed E-state index contributed by atoms with van der Waals surface area (Å²) in [5, 5.41) is 0.492. The highest BCUT2D eigenvalue weighted by Crippen LogP contribution is 2.19. The predicted octanol–water partition coefficient (Wildman–Crippen LogP) is 1.32. The first-order valence-corrected chi connectivity index (χ1v) is 4.49. The molecule has 60 valence electrons. The first-order valence-electron chi connectivity index (χ1n) is 3.38. The lowest BCUT2D eigenvalue weighted by molar-refractivity contribution is 0.592. The van der Waals surface area contributed by atoms with Gasteiger partial charge in [-0.05, 0) is 10.4 Å². The zero-order chi connectivity index (χ0) is 8.55. The molecule has 0 fully saturated rings. The van der Waals surface area contributed by atoms with E-state index in [0.29, 0.717) is 10.1 Å². The van der Waals surface area contributed by atoms with Gasteiger partial charge in [0.15, 0.2) is 0 Å². The van der Waals surface area contributed by atoms with E-state index in [1.807, 2.05) is 0 Å². The largest absolute Gasteiger partial charge is 0.568 e. The van der Waals surface area contributed by atoms with Crippen LogP contribution in [0.25, 0.3) is 10.1 Å². The van der Waals surface area contributed by atoms with Crippen LogP contribution in [0.3, 0.4) is 0 Å². The van der Waals surface area contributed by atoms with Gasteiger partial charge in [-0.3, -0.25) is 4.79 Å². The normalized spacial score (nSPS) is 11.9. The van der Waals surface area contributed by atoms with Crippen molar-refractivity contribution in [1.82, 2.24) is 4.37 Å². The molecule has 0 amide bonds. The van der Waals surface area contributed by atoms with E-state index in [-0.39, 0.29) is 5.43 Å². The summed E-state index contributed by atoms with van der Waals surface area (Å²) in [5.74, 6) is 0. The quantitative estimate of drug-likeness (QED) is 0.573. The molecule has 1 atom stereocenters. The first kappa shape index (κ1) is 7.39. The maximum Gasteiger partial charge on any atom is 0.214 e. The highest BCUT2D eigenvalue weighted by atomic mass is 32.2. The van der Waals surface area contributed by atoms with Crippen LogP contribution < -0.4 is 5.43 Å². The van der Waals surface area contributed by atoms with Crippen LogP contribution in [0.1, 0.15) is 0 Å². The Labute approximate surface area is 71.3 Å². The number of hydrogen-bond acceptors (Lipinski definition) is 3. The van der Waals surface area contributed by atoms with Crippen molar-refractivity contribution < 1.29 is 4.55 Å². The molecule has 0 aliphatic rings. The third-order valence-electron chi connectivity index (χ3n) is 1.61.